The summed E-state index contributed by atoms with van der Waals surface area (Å²) in [5, 5.41) is 7.58. The highest BCUT2D eigenvalue weighted by Crippen LogP contribution is 2.33. The van der Waals surface area contributed by atoms with Crippen molar-refractivity contribution in [3.63, 3.8) is 0 Å². The average molecular weight is 361 g/mol. The van der Waals surface area contributed by atoms with Crippen LogP contribution in [-0.4, -0.2) is 39.7 Å². The van der Waals surface area contributed by atoms with Gasteiger partial charge in [-0.1, -0.05) is 30.3 Å². The van der Waals surface area contributed by atoms with Crippen molar-refractivity contribution in [3.8, 4) is 11.1 Å². The first kappa shape index (κ1) is 17.7. The molecule has 5 nitrogen and oxygen atoms in total. The smallest absolute Gasteiger partial charge is 0.123 e. The maximum absolute atomic E-state index is 5.87. The van der Waals surface area contributed by atoms with Gasteiger partial charge in [-0.3, -0.25) is 5.10 Å². The van der Waals surface area contributed by atoms with E-state index in [1.807, 2.05) is 18.3 Å². The number of nitrogen functional groups attached to an aromatic ring is 1. The van der Waals surface area contributed by atoms with Crippen LogP contribution in [0.2, 0.25) is 0 Å². The van der Waals surface area contributed by atoms with Crippen LogP contribution < -0.4 is 5.73 Å². The molecule has 1 unspecified atom stereocenters. The molecule has 4 rings (SSSR count). The molecule has 1 atom stereocenters. The molecule has 3 N–H and O–H groups in total. The molecule has 1 fully saturated rings. The number of aromatic nitrogens is 3. The molecule has 3 heterocycles. The quantitative estimate of drug-likeness (QED) is 0.699. The van der Waals surface area contributed by atoms with Gasteiger partial charge in [-0.05, 0) is 62.0 Å². The SMILES string of the molecule is Nc1cc(-c2cn[nH]c2C2CCCN(CCCc3ccccc3)C2)ccn1. The number of hydrogen-bond acceptors (Lipinski definition) is 4. The van der Waals surface area contributed by atoms with Gasteiger partial charge in [0.1, 0.15) is 5.82 Å². The number of H-pyrrole nitrogens is 1. The van der Waals surface area contributed by atoms with E-state index in [9.17, 15) is 0 Å². The summed E-state index contributed by atoms with van der Waals surface area (Å²) in [6, 6.07) is 14.7. The van der Waals surface area contributed by atoms with Crippen LogP contribution in [-0.2, 0) is 6.42 Å². The van der Waals surface area contributed by atoms with E-state index in [1.54, 1.807) is 6.20 Å². The Hall–Kier alpha value is -2.66. The molecule has 0 bridgehead atoms. The minimum absolute atomic E-state index is 0.488. The Morgan fingerprint density at radius 1 is 1.19 bits per heavy atom. The van der Waals surface area contributed by atoms with E-state index in [0.717, 1.165) is 30.6 Å². The standard InChI is InChI=1S/C22H27N5/c23-21-14-18(10-11-24-21)20-15-25-26-22(20)19-9-5-13-27(16-19)12-4-8-17-6-2-1-3-7-17/h1-3,6-7,10-11,14-15,19H,4-5,8-9,12-13,16H2,(H2,23,24)(H,25,26). The number of nitrogens with one attached hydrogen (secondary N) is 1. The molecule has 1 aliphatic heterocycles. The highest BCUT2D eigenvalue weighted by Gasteiger charge is 2.25. The molecular weight excluding hydrogens is 334 g/mol. The van der Waals surface area contributed by atoms with Crippen molar-refractivity contribution in [2.24, 2.45) is 0 Å². The third-order valence-electron chi connectivity index (χ3n) is 5.46. The van der Waals surface area contributed by atoms with Gasteiger partial charge in [-0.15, -0.1) is 0 Å². The molecule has 3 aromatic rings. The van der Waals surface area contributed by atoms with Crippen LogP contribution in [0, 0.1) is 0 Å². The second-order valence-corrected chi connectivity index (χ2v) is 7.40. The minimum atomic E-state index is 0.488. The van der Waals surface area contributed by atoms with Gasteiger partial charge in [0.15, 0.2) is 0 Å². The number of likely N-dealkylation sites (tertiary alicyclic amines) is 1. The largest absolute Gasteiger partial charge is 0.384 e. The Morgan fingerprint density at radius 3 is 2.93 bits per heavy atom. The van der Waals surface area contributed by atoms with Gasteiger partial charge in [0.05, 0.1) is 6.20 Å². The summed E-state index contributed by atoms with van der Waals surface area (Å²) in [5.74, 6) is 1.04. The third kappa shape index (κ3) is 4.37. The van der Waals surface area contributed by atoms with Crippen molar-refractivity contribution in [1.82, 2.24) is 20.1 Å². The summed E-state index contributed by atoms with van der Waals surface area (Å²) in [6.07, 6.45) is 8.45. The number of pyridine rings is 1. The minimum Gasteiger partial charge on any atom is -0.384 e. The van der Waals surface area contributed by atoms with Crippen molar-refractivity contribution in [2.75, 3.05) is 25.4 Å². The fourth-order valence-electron chi connectivity index (χ4n) is 4.10. The summed E-state index contributed by atoms with van der Waals surface area (Å²) in [6.45, 7) is 3.43. The molecule has 0 radical (unpaired) electrons. The number of anilines is 1. The number of nitrogens with two attached hydrogens (primary N) is 1. The maximum atomic E-state index is 5.87. The Kier molecular flexibility index (Phi) is 5.49. The zero-order chi connectivity index (χ0) is 18.5. The van der Waals surface area contributed by atoms with Gasteiger partial charge in [0.2, 0.25) is 0 Å². The number of hydrogen-bond donors (Lipinski definition) is 2. The van der Waals surface area contributed by atoms with Gasteiger partial charge < -0.3 is 10.6 Å². The van der Waals surface area contributed by atoms with Gasteiger partial charge in [0.25, 0.3) is 0 Å². The number of benzene rings is 1. The topological polar surface area (TPSA) is 70.8 Å². The fourth-order valence-corrected chi connectivity index (χ4v) is 4.10. The lowest BCUT2D eigenvalue weighted by atomic mass is 9.90. The van der Waals surface area contributed by atoms with Gasteiger partial charge in [-0.2, -0.15) is 5.10 Å². The van der Waals surface area contributed by atoms with E-state index in [-0.39, 0.29) is 0 Å². The van der Waals surface area contributed by atoms with Gasteiger partial charge >= 0.3 is 0 Å². The van der Waals surface area contributed by atoms with Crippen molar-refractivity contribution < 1.29 is 0 Å². The molecule has 5 heteroatoms. The summed E-state index contributed by atoms with van der Waals surface area (Å²) in [5.41, 5.74) is 10.8. The summed E-state index contributed by atoms with van der Waals surface area (Å²) in [4.78, 5) is 6.70. The van der Waals surface area contributed by atoms with Crippen molar-refractivity contribution in [2.45, 2.75) is 31.6 Å². The average Bonchev–Trinajstić information content (AvgIpc) is 3.19. The van der Waals surface area contributed by atoms with Crippen LogP contribution in [0.5, 0.6) is 0 Å². The highest BCUT2D eigenvalue weighted by molar-refractivity contribution is 5.67. The second-order valence-electron chi connectivity index (χ2n) is 7.40. The fraction of sp³-hybridized carbons (Fsp3) is 0.364. The number of rotatable bonds is 6. The number of aromatic amines is 1. The number of aryl methyl sites for hydroxylation is 1. The third-order valence-corrected chi connectivity index (χ3v) is 5.46. The van der Waals surface area contributed by atoms with E-state index >= 15 is 0 Å². The van der Waals surface area contributed by atoms with E-state index in [4.69, 9.17) is 5.73 Å². The van der Waals surface area contributed by atoms with Crippen LogP contribution in [0.25, 0.3) is 11.1 Å². The maximum Gasteiger partial charge on any atom is 0.123 e. The number of nitrogens with zero attached hydrogens (tertiary/aromatic N) is 3. The van der Waals surface area contributed by atoms with Crippen molar-refractivity contribution in [1.29, 1.82) is 0 Å². The lowest BCUT2D eigenvalue weighted by Gasteiger charge is -2.32. The van der Waals surface area contributed by atoms with E-state index in [1.165, 1.54) is 37.1 Å². The predicted octanol–water partition coefficient (Wildman–Crippen LogP) is 3.87. The molecule has 0 saturated carbocycles. The van der Waals surface area contributed by atoms with Gasteiger partial charge in [0, 0.05) is 29.9 Å². The first-order valence-electron chi connectivity index (χ1n) is 9.81. The van der Waals surface area contributed by atoms with Crippen LogP contribution in [0.3, 0.4) is 0 Å². The summed E-state index contributed by atoms with van der Waals surface area (Å²) in [7, 11) is 0. The normalized spacial score (nSPS) is 17.9. The molecule has 0 aliphatic carbocycles. The van der Waals surface area contributed by atoms with Crippen molar-refractivity contribution in [3.05, 3.63) is 66.1 Å². The Bertz CT molecular complexity index is 858. The molecule has 1 aromatic carbocycles. The molecule has 1 aliphatic rings. The molecule has 140 valence electrons. The van der Waals surface area contributed by atoms with Crippen molar-refractivity contribution >= 4 is 5.82 Å². The highest BCUT2D eigenvalue weighted by atomic mass is 15.1. The summed E-state index contributed by atoms with van der Waals surface area (Å²) >= 11 is 0. The lowest BCUT2D eigenvalue weighted by Crippen LogP contribution is -2.35. The van der Waals surface area contributed by atoms with E-state index in [2.05, 4.69) is 50.4 Å². The molecule has 27 heavy (non-hydrogen) atoms. The molecule has 1 saturated heterocycles. The van der Waals surface area contributed by atoms with E-state index in [0.29, 0.717) is 11.7 Å². The van der Waals surface area contributed by atoms with Gasteiger partial charge in [-0.25, -0.2) is 4.98 Å². The van der Waals surface area contributed by atoms with Crippen LogP contribution in [0.15, 0.2) is 54.9 Å². The first-order valence-corrected chi connectivity index (χ1v) is 9.81. The van der Waals surface area contributed by atoms with Crippen LogP contribution >= 0.6 is 0 Å². The lowest BCUT2D eigenvalue weighted by molar-refractivity contribution is 0.204. The summed E-state index contributed by atoms with van der Waals surface area (Å²) < 4.78 is 0. The van der Waals surface area contributed by atoms with E-state index < -0.39 is 0 Å². The zero-order valence-corrected chi connectivity index (χ0v) is 15.6. The first-order chi connectivity index (χ1) is 13.3. The Labute approximate surface area is 160 Å². The monoisotopic (exact) mass is 361 g/mol. The molecule has 0 spiro atoms. The zero-order valence-electron chi connectivity index (χ0n) is 15.6. The second kappa shape index (κ2) is 8.35. The molecule has 0 amide bonds. The predicted molar refractivity (Wildman–Crippen MR) is 109 cm³/mol. The Morgan fingerprint density at radius 2 is 2.07 bits per heavy atom. The van der Waals surface area contributed by atoms with Crippen LogP contribution in [0.4, 0.5) is 5.82 Å². The van der Waals surface area contributed by atoms with Crippen LogP contribution in [0.1, 0.15) is 36.4 Å². The molecular formula is C22H27N5. The Balaban J connectivity index is 1.39. The molecule has 2 aromatic heterocycles. The number of piperidine rings is 1.